The summed E-state index contributed by atoms with van der Waals surface area (Å²) in [7, 11) is 0. The van der Waals surface area contributed by atoms with Gasteiger partial charge in [0.25, 0.3) is 11.6 Å². The second kappa shape index (κ2) is 6.91. The van der Waals surface area contributed by atoms with Crippen molar-refractivity contribution in [3.63, 3.8) is 0 Å². The van der Waals surface area contributed by atoms with E-state index < -0.39 is 10.8 Å². The van der Waals surface area contributed by atoms with Gasteiger partial charge in [-0.15, -0.1) is 0 Å². The molecule has 2 aromatic rings. The van der Waals surface area contributed by atoms with Gasteiger partial charge in [-0.1, -0.05) is 6.07 Å². The van der Waals surface area contributed by atoms with E-state index in [0.717, 1.165) is 5.56 Å². The van der Waals surface area contributed by atoms with Gasteiger partial charge >= 0.3 is 0 Å². The summed E-state index contributed by atoms with van der Waals surface area (Å²) in [5, 5.41) is 16.3. The number of rotatable bonds is 4. The molecule has 0 aliphatic rings. The molecule has 0 saturated carbocycles. The number of nitrogens with zero attached hydrogens (tertiary/aromatic N) is 1. The molecule has 2 amide bonds. The van der Waals surface area contributed by atoms with Gasteiger partial charge in [0.05, 0.1) is 4.92 Å². The van der Waals surface area contributed by atoms with Crippen molar-refractivity contribution in [3.05, 3.63) is 63.2 Å². The molecule has 2 aromatic carbocycles. The fourth-order valence-corrected chi connectivity index (χ4v) is 2.22. The second-order valence-electron chi connectivity index (χ2n) is 5.42. The molecular weight excluding hydrogens is 310 g/mol. The summed E-state index contributed by atoms with van der Waals surface area (Å²) < 4.78 is 0. The highest BCUT2D eigenvalue weighted by atomic mass is 16.6. The van der Waals surface area contributed by atoms with E-state index in [0.29, 0.717) is 16.9 Å². The zero-order valence-electron chi connectivity index (χ0n) is 13.5. The van der Waals surface area contributed by atoms with E-state index in [1.807, 2.05) is 0 Å². The van der Waals surface area contributed by atoms with Crippen molar-refractivity contribution in [1.82, 2.24) is 0 Å². The molecule has 0 aliphatic heterocycles. The Hall–Kier alpha value is -3.22. The number of nitro benzene ring substituents is 1. The van der Waals surface area contributed by atoms with Crippen LogP contribution in [0.15, 0.2) is 36.4 Å². The molecule has 0 aliphatic carbocycles. The van der Waals surface area contributed by atoms with Crippen molar-refractivity contribution in [3.8, 4) is 0 Å². The van der Waals surface area contributed by atoms with Crippen molar-refractivity contribution in [2.45, 2.75) is 20.8 Å². The Kier molecular flexibility index (Phi) is 4.93. The maximum Gasteiger partial charge on any atom is 0.273 e. The number of carbonyl (C=O) groups is 2. The first-order chi connectivity index (χ1) is 11.3. The number of hydrogen-bond acceptors (Lipinski definition) is 4. The van der Waals surface area contributed by atoms with Crippen LogP contribution in [0.25, 0.3) is 0 Å². The van der Waals surface area contributed by atoms with E-state index in [2.05, 4.69) is 10.6 Å². The van der Waals surface area contributed by atoms with Gasteiger partial charge in [0.2, 0.25) is 5.91 Å². The van der Waals surface area contributed by atoms with Gasteiger partial charge in [0.15, 0.2) is 0 Å². The minimum Gasteiger partial charge on any atom is -0.326 e. The molecule has 0 spiro atoms. The molecule has 2 rings (SSSR count). The molecule has 0 unspecified atom stereocenters. The zero-order valence-corrected chi connectivity index (χ0v) is 13.5. The summed E-state index contributed by atoms with van der Waals surface area (Å²) in [5.41, 5.74) is 2.59. The van der Waals surface area contributed by atoms with E-state index in [-0.39, 0.29) is 17.2 Å². The van der Waals surface area contributed by atoms with Crippen molar-refractivity contribution in [2.24, 2.45) is 0 Å². The number of benzene rings is 2. The Balaban J connectivity index is 2.21. The largest absolute Gasteiger partial charge is 0.326 e. The lowest BCUT2D eigenvalue weighted by atomic mass is 10.1. The summed E-state index contributed by atoms with van der Waals surface area (Å²) in [6.07, 6.45) is 0. The van der Waals surface area contributed by atoms with Gasteiger partial charge in [0, 0.05) is 35.5 Å². The van der Waals surface area contributed by atoms with E-state index in [4.69, 9.17) is 0 Å². The smallest absolute Gasteiger partial charge is 0.273 e. The van der Waals surface area contributed by atoms with Crippen LogP contribution in [-0.2, 0) is 4.79 Å². The molecule has 24 heavy (non-hydrogen) atoms. The molecule has 0 aromatic heterocycles. The van der Waals surface area contributed by atoms with Crippen LogP contribution in [0.5, 0.6) is 0 Å². The molecule has 7 heteroatoms. The van der Waals surface area contributed by atoms with E-state index in [1.54, 1.807) is 32.0 Å². The molecular formula is C17H17N3O4. The zero-order chi connectivity index (χ0) is 17.9. The van der Waals surface area contributed by atoms with Crippen molar-refractivity contribution >= 4 is 28.9 Å². The fourth-order valence-electron chi connectivity index (χ4n) is 2.22. The predicted molar refractivity (Wildman–Crippen MR) is 91.3 cm³/mol. The van der Waals surface area contributed by atoms with Gasteiger partial charge in [-0.25, -0.2) is 0 Å². The van der Waals surface area contributed by atoms with Crippen LogP contribution >= 0.6 is 0 Å². The maximum atomic E-state index is 12.3. The number of nitrogens with one attached hydrogen (secondary N) is 2. The Morgan fingerprint density at radius 2 is 1.71 bits per heavy atom. The molecule has 0 radical (unpaired) electrons. The summed E-state index contributed by atoms with van der Waals surface area (Å²) >= 11 is 0. The van der Waals surface area contributed by atoms with Gasteiger partial charge in [-0.3, -0.25) is 19.7 Å². The predicted octanol–water partition coefficient (Wildman–Crippen LogP) is 3.42. The standard InChI is InChI=1S/C17H17N3O4/c1-10-4-5-13(9-16(10)20(23)24)17(22)19-14-6-7-15(11(2)8-14)18-12(3)21/h4-9H,1-3H3,(H,18,21)(H,19,22). The minimum atomic E-state index is -0.515. The number of anilines is 2. The van der Waals surface area contributed by atoms with Crippen LogP contribution in [0.2, 0.25) is 0 Å². The summed E-state index contributed by atoms with van der Waals surface area (Å²) in [6.45, 7) is 4.83. The number of hydrogen-bond donors (Lipinski definition) is 2. The van der Waals surface area contributed by atoms with Crippen LogP contribution in [0.4, 0.5) is 17.1 Å². The van der Waals surface area contributed by atoms with Crippen LogP contribution in [0.1, 0.15) is 28.4 Å². The normalized spacial score (nSPS) is 10.1. The lowest BCUT2D eigenvalue weighted by molar-refractivity contribution is -0.385. The molecule has 0 saturated heterocycles. The summed E-state index contributed by atoms with van der Waals surface area (Å²) in [6, 6.07) is 9.38. The third-order valence-electron chi connectivity index (χ3n) is 3.46. The third kappa shape index (κ3) is 3.95. The highest BCUT2D eigenvalue weighted by Crippen LogP contribution is 2.22. The van der Waals surface area contributed by atoms with Crippen molar-refractivity contribution in [1.29, 1.82) is 0 Å². The Bertz CT molecular complexity index is 831. The van der Waals surface area contributed by atoms with Crippen molar-refractivity contribution < 1.29 is 14.5 Å². The van der Waals surface area contributed by atoms with Gasteiger partial charge in [0.1, 0.15) is 0 Å². The minimum absolute atomic E-state index is 0.0974. The number of amides is 2. The molecule has 2 N–H and O–H groups in total. The Morgan fingerprint density at radius 3 is 2.29 bits per heavy atom. The average Bonchev–Trinajstić information content (AvgIpc) is 2.49. The van der Waals surface area contributed by atoms with Crippen LogP contribution in [0, 0.1) is 24.0 Å². The van der Waals surface area contributed by atoms with E-state index >= 15 is 0 Å². The lowest BCUT2D eigenvalue weighted by Gasteiger charge is -2.10. The topological polar surface area (TPSA) is 101 Å². The Labute approximate surface area is 138 Å². The second-order valence-corrected chi connectivity index (χ2v) is 5.42. The molecule has 0 atom stereocenters. The van der Waals surface area contributed by atoms with Crippen LogP contribution in [-0.4, -0.2) is 16.7 Å². The molecule has 124 valence electrons. The maximum absolute atomic E-state index is 12.3. The molecule has 0 heterocycles. The van der Waals surface area contributed by atoms with Gasteiger partial charge < -0.3 is 10.6 Å². The van der Waals surface area contributed by atoms with Gasteiger partial charge in [-0.2, -0.15) is 0 Å². The van der Waals surface area contributed by atoms with Crippen LogP contribution < -0.4 is 10.6 Å². The first-order valence-electron chi connectivity index (χ1n) is 7.22. The van der Waals surface area contributed by atoms with E-state index in [1.165, 1.54) is 25.1 Å². The molecule has 0 bridgehead atoms. The van der Waals surface area contributed by atoms with Crippen LogP contribution in [0.3, 0.4) is 0 Å². The lowest BCUT2D eigenvalue weighted by Crippen LogP contribution is -2.13. The summed E-state index contributed by atoms with van der Waals surface area (Å²) in [4.78, 5) is 33.8. The average molecular weight is 327 g/mol. The first-order valence-corrected chi connectivity index (χ1v) is 7.22. The van der Waals surface area contributed by atoms with E-state index in [9.17, 15) is 19.7 Å². The fraction of sp³-hybridized carbons (Fsp3) is 0.176. The number of carbonyl (C=O) groups excluding carboxylic acids is 2. The highest BCUT2D eigenvalue weighted by molar-refractivity contribution is 6.05. The van der Waals surface area contributed by atoms with Crippen molar-refractivity contribution in [2.75, 3.05) is 10.6 Å². The SMILES string of the molecule is CC(=O)Nc1ccc(NC(=O)c2ccc(C)c([N+](=O)[O-])c2)cc1C. The Morgan fingerprint density at radius 1 is 1.00 bits per heavy atom. The number of aryl methyl sites for hydroxylation is 2. The highest BCUT2D eigenvalue weighted by Gasteiger charge is 2.15. The molecule has 7 nitrogen and oxygen atoms in total. The number of nitro groups is 1. The quantitative estimate of drug-likeness (QED) is 0.663. The van der Waals surface area contributed by atoms with Gasteiger partial charge in [-0.05, 0) is 43.7 Å². The molecule has 0 fully saturated rings. The summed E-state index contributed by atoms with van der Waals surface area (Å²) in [5.74, 6) is -0.619. The third-order valence-corrected chi connectivity index (χ3v) is 3.46. The monoisotopic (exact) mass is 327 g/mol. The first kappa shape index (κ1) is 17.1.